The molecule has 0 aliphatic carbocycles. The molecule has 0 N–H and O–H groups in total. The number of aryl methyl sites for hydroxylation is 4. The van der Waals surface area contributed by atoms with E-state index >= 15 is 0 Å². The standard InChI is InChI=1S/C41H66N2.Ni/c1-7-13-19-21-27-41(43-39-31-29-35(23-16-10-4)37(33-39)25-18-12-6)40(26-20-14-8-2)42-38-30-28-34(22-15-9-3)36(32-38)24-17-11-5;/h28-33H,7-27H2,1-6H3;. The molecule has 0 bridgehead atoms. The van der Waals surface area contributed by atoms with E-state index in [2.05, 4.69) is 77.9 Å². The monoisotopic (exact) mass is 644 g/mol. The molecule has 2 nitrogen and oxygen atoms in total. The summed E-state index contributed by atoms with van der Waals surface area (Å²) in [5.74, 6) is 0. The summed E-state index contributed by atoms with van der Waals surface area (Å²) in [4.78, 5) is 10.9. The van der Waals surface area contributed by atoms with Crippen LogP contribution in [0.2, 0.25) is 0 Å². The maximum atomic E-state index is 5.44. The van der Waals surface area contributed by atoms with Gasteiger partial charge >= 0.3 is 0 Å². The minimum Gasteiger partial charge on any atom is -0.252 e. The SMILES string of the molecule is CCCCCCC(=Nc1ccc(CCCC)c(CCCC)c1)C(CCCCC)=Nc1ccc(CCCC)c(CCCC)c1.[Ni]. The van der Waals surface area contributed by atoms with Crippen molar-refractivity contribution in [3.05, 3.63) is 58.7 Å². The molecule has 2 rings (SSSR count). The van der Waals surface area contributed by atoms with Gasteiger partial charge in [-0.25, -0.2) is 0 Å². The van der Waals surface area contributed by atoms with Gasteiger partial charge in [-0.15, -0.1) is 0 Å². The number of hydrogen-bond donors (Lipinski definition) is 0. The molecule has 0 amide bonds. The van der Waals surface area contributed by atoms with Crippen molar-refractivity contribution in [1.29, 1.82) is 0 Å². The Labute approximate surface area is 283 Å². The normalized spacial score (nSPS) is 12.0. The predicted molar refractivity (Wildman–Crippen MR) is 194 cm³/mol. The van der Waals surface area contributed by atoms with Crippen molar-refractivity contribution in [3.8, 4) is 0 Å². The van der Waals surface area contributed by atoms with Crippen LogP contribution in [0.5, 0.6) is 0 Å². The van der Waals surface area contributed by atoms with E-state index in [0.29, 0.717) is 0 Å². The molecule has 0 aliphatic rings. The zero-order valence-electron chi connectivity index (χ0n) is 29.5. The number of unbranched alkanes of at least 4 members (excludes halogenated alkanes) is 9. The van der Waals surface area contributed by atoms with E-state index in [4.69, 9.17) is 9.98 Å². The van der Waals surface area contributed by atoms with Gasteiger partial charge in [-0.2, -0.15) is 0 Å². The van der Waals surface area contributed by atoms with Gasteiger partial charge in [0.15, 0.2) is 0 Å². The Balaban J connectivity index is 0.00000968. The maximum Gasteiger partial charge on any atom is 0.0636 e. The van der Waals surface area contributed by atoms with Crippen LogP contribution in [0.3, 0.4) is 0 Å². The van der Waals surface area contributed by atoms with Gasteiger partial charge in [0.2, 0.25) is 0 Å². The van der Waals surface area contributed by atoms with Crippen molar-refractivity contribution in [2.75, 3.05) is 0 Å². The molecular weight excluding hydrogens is 579 g/mol. The Morgan fingerprint density at radius 3 is 1.14 bits per heavy atom. The maximum absolute atomic E-state index is 5.44. The number of aliphatic imine (C=N–C) groups is 2. The van der Waals surface area contributed by atoms with Crippen LogP contribution in [0.1, 0.15) is 173 Å². The molecule has 3 heteroatoms. The number of hydrogen-bond acceptors (Lipinski definition) is 2. The van der Waals surface area contributed by atoms with Crippen molar-refractivity contribution in [1.82, 2.24) is 0 Å². The molecule has 0 aromatic heterocycles. The summed E-state index contributed by atoms with van der Waals surface area (Å²) in [7, 11) is 0. The fraction of sp³-hybridized carbons (Fsp3) is 0.659. The van der Waals surface area contributed by atoms with Gasteiger partial charge in [-0.3, -0.25) is 9.98 Å². The van der Waals surface area contributed by atoms with Gasteiger partial charge < -0.3 is 0 Å². The van der Waals surface area contributed by atoms with Crippen LogP contribution in [0.25, 0.3) is 0 Å². The number of rotatable bonds is 24. The Morgan fingerprint density at radius 1 is 0.409 bits per heavy atom. The third-order valence-electron chi connectivity index (χ3n) is 8.72. The first-order valence-corrected chi connectivity index (χ1v) is 18.5. The minimum atomic E-state index is 0. The van der Waals surface area contributed by atoms with Gasteiger partial charge in [0, 0.05) is 16.5 Å². The molecule has 44 heavy (non-hydrogen) atoms. The molecule has 0 saturated carbocycles. The van der Waals surface area contributed by atoms with Gasteiger partial charge in [0.05, 0.1) is 22.8 Å². The van der Waals surface area contributed by atoms with Crippen molar-refractivity contribution in [3.63, 3.8) is 0 Å². The molecule has 0 aliphatic heterocycles. The van der Waals surface area contributed by atoms with Crippen LogP contribution in [-0.4, -0.2) is 11.4 Å². The summed E-state index contributed by atoms with van der Waals surface area (Å²) in [5.41, 5.74) is 10.8. The second kappa shape index (κ2) is 25.5. The second-order valence-electron chi connectivity index (χ2n) is 12.7. The van der Waals surface area contributed by atoms with Crippen LogP contribution < -0.4 is 0 Å². The first-order chi connectivity index (χ1) is 21.1. The van der Waals surface area contributed by atoms with Crippen molar-refractivity contribution >= 4 is 22.8 Å². The zero-order valence-corrected chi connectivity index (χ0v) is 30.5. The third kappa shape index (κ3) is 15.5. The summed E-state index contributed by atoms with van der Waals surface area (Å²) in [6, 6.07) is 14.1. The van der Waals surface area contributed by atoms with Gasteiger partial charge in [-0.05, 0) is 124 Å². The Kier molecular flexibility index (Phi) is 23.3. The number of nitrogens with zero attached hydrogens (tertiary/aromatic N) is 2. The van der Waals surface area contributed by atoms with Crippen LogP contribution in [0.4, 0.5) is 11.4 Å². The van der Waals surface area contributed by atoms with Crippen LogP contribution in [0.15, 0.2) is 46.4 Å². The fourth-order valence-electron chi connectivity index (χ4n) is 5.89. The van der Waals surface area contributed by atoms with E-state index in [0.717, 1.165) is 37.1 Å². The second-order valence-corrected chi connectivity index (χ2v) is 12.7. The molecule has 2 aromatic rings. The average Bonchev–Trinajstić information content (AvgIpc) is 3.02. The molecule has 0 radical (unpaired) electrons. The van der Waals surface area contributed by atoms with E-state index < -0.39 is 0 Å². The summed E-state index contributed by atoms with van der Waals surface area (Å²) in [5, 5.41) is 0. The van der Waals surface area contributed by atoms with Gasteiger partial charge in [0.1, 0.15) is 0 Å². The molecular formula is C41H66N2Ni. The molecule has 0 fully saturated rings. The van der Waals surface area contributed by atoms with E-state index in [-0.39, 0.29) is 16.5 Å². The summed E-state index contributed by atoms with van der Waals surface area (Å²) in [6.07, 6.45) is 25.3. The van der Waals surface area contributed by atoms with Crippen molar-refractivity contribution in [2.45, 2.75) is 176 Å². The minimum absolute atomic E-state index is 0. The summed E-state index contributed by atoms with van der Waals surface area (Å²) < 4.78 is 0. The Bertz CT molecular complexity index is 1080. The molecule has 0 heterocycles. The Morgan fingerprint density at radius 2 is 0.750 bits per heavy atom. The van der Waals surface area contributed by atoms with E-state index in [1.165, 1.54) is 143 Å². The summed E-state index contributed by atoms with van der Waals surface area (Å²) in [6.45, 7) is 13.8. The van der Waals surface area contributed by atoms with E-state index in [9.17, 15) is 0 Å². The zero-order chi connectivity index (χ0) is 31.1. The van der Waals surface area contributed by atoms with Crippen molar-refractivity contribution < 1.29 is 16.5 Å². The molecule has 0 unspecified atom stereocenters. The smallest absolute Gasteiger partial charge is 0.0636 e. The Hall–Kier alpha value is -1.73. The largest absolute Gasteiger partial charge is 0.252 e. The first kappa shape index (κ1) is 40.3. The molecule has 2 aromatic carbocycles. The van der Waals surface area contributed by atoms with Gasteiger partial charge in [-0.1, -0.05) is 111 Å². The van der Waals surface area contributed by atoms with Crippen LogP contribution in [-0.2, 0) is 42.2 Å². The molecule has 0 spiro atoms. The first-order valence-electron chi connectivity index (χ1n) is 18.5. The average molecular weight is 646 g/mol. The summed E-state index contributed by atoms with van der Waals surface area (Å²) >= 11 is 0. The van der Waals surface area contributed by atoms with E-state index in [1.807, 2.05) is 0 Å². The molecule has 250 valence electrons. The fourth-order valence-corrected chi connectivity index (χ4v) is 5.89. The number of benzene rings is 2. The predicted octanol–water partition coefficient (Wildman–Crippen LogP) is 13.5. The van der Waals surface area contributed by atoms with Crippen molar-refractivity contribution in [2.24, 2.45) is 9.98 Å². The molecule has 0 saturated heterocycles. The van der Waals surface area contributed by atoms with Gasteiger partial charge in [0.25, 0.3) is 0 Å². The molecule has 0 atom stereocenters. The van der Waals surface area contributed by atoms with Crippen LogP contribution >= 0.6 is 0 Å². The third-order valence-corrected chi connectivity index (χ3v) is 8.72. The van der Waals surface area contributed by atoms with E-state index in [1.54, 1.807) is 0 Å². The quantitative estimate of drug-likeness (QED) is 0.0617. The topological polar surface area (TPSA) is 24.7 Å². The van der Waals surface area contributed by atoms with Crippen LogP contribution in [0, 0.1) is 0 Å².